The summed E-state index contributed by atoms with van der Waals surface area (Å²) in [6.45, 7) is 8.10. The second-order valence-corrected chi connectivity index (χ2v) is 4.13. The van der Waals surface area contributed by atoms with Crippen molar-refractivity contribution in [3.05, 3.63) is 29.3 Å². The molecular formula is C11H15OY-. The van der Waals surface area contributed by atoms with Crippen LogP contribution >= 0.6 is 0 Å². The van der Waals surface area contributed by atoms with Gasteiger partial charge >= 0.3 is 0 Å². The van der Waals surface area contributed by atoms with Crippen molar-refractivity contribution in [2.45, 2.75) is 33.1 Å². The Bertz CT molecular complexity index is 287. The first kappa shape index (κ1) is 13.1. The van der Waals surface area contributed by atoms with Gasteiger partial charge in [0, 0.05) is 38.5 Å². The Morgan fingerprint density at radius 2 is 1.85 bits per heavy atom. The summed E-state index contributed by atoms with van der Waals surface area (Å²) >= 11 is 0. The van der Waals surface area contributed by atoms with E-state index in [1.54, 1.807) is 0 Å². The third-order valence-corrected chi connectivity index (χ3v) is 1.92. The number of aryl methyl sites for hydroxylation is 1. The molecule has 1 radical (unpaired) electrons. The molecule has 0 saturated carbocycles. The van der Waals surface area contributed by atoms with Gasteiger partial charge in [-0.25, -0.2) is 0 Å². The van der Waals surface area contributed by atoms with Crippen molar-refractivity contribution < 1.29 is 37.8 Å². The molecule has 1 rings (SSSR count). The van der Waals surface area contributed by atoms with Crippen LogP contribution in [0.5, 0.6) is 5.75 Å². The van der Waals surface area contributed by atoms with Gasteiger partial charge < -0.3 is 5.11 Å². The van der Waals surface area contributed by atoms with Crippen molar-refractivity contribution in [3.63, 3.8) is 0 Å². The molecule has 0 unspecified atom stereocenters. The maximum Gasteiger partial charge on any atom is 0.00976 e. The Labute approximate surface area is 105 Å². The molecule has 0 aliphatic carbocycles. The van der Waals surface area contributed by atoms with Crippen LogP contribution in [-0.4, -0.2) is 5.11 Å². The van der Waals surface area contributed by atoms with Gasteiger partial charge in [0.05, 0.1) is 0 Å². The van der Waals surface area contributed by atoms with Crippen molar-refractivity contribution >= 4 is 0 Å². The first-order chi connectivity index (χ1) is 5.43. The molecule has 0 amide bonds. The third-order valence-electron chi connectivity index (χ3n) is 1.92. The summed E-state index contributed by atoms with van der Waals surface area (Å²) in [6.07, 6.45) is 0. The molecule has 1 nitrogen and oxygen atoms in total. The van der Waals surface area contributed by atoms with E-state index in [2.05, 4.69) is 26.8 Å². The topological polar surface area (TPSA) is 20.2 Å². The van der Waals surface area contributed by atoms with E-state index in [-0.39, 0.29) is 38.1 Å². The van der Waals surface area contributed by atoms with Crippen molar-refractivity contribution in [2.24, 2.45) is 0 Å². The minimum Gasteiger partial charge on any atom is -0.565 e. The van der Waals surface area contributed by atoms with E-state index in [0.717, 1.165) is 11.1 Å². The summed E-state index contributed by atoms with van der Waals surface area (Å²) in [7, 11) is 0. The van der Waals surface area contributed by atoms with Gasteiger partial charge in [0.1, 0.15) is 0 Å². The van der Waals surface area contributed by atoms with E-state index >= 15 is 0 Å². The van der Waals surface area contributed by atoms with Gasteiger partial charge in [-0.15, -0.1) is 11.1 Å². The average Bonchev–Trinajstić information content (AvgIpc) is 1.92. The average molecular weight is 252 g/mol. The molecule has 0 aliphatic rings. The molecule has 0 spiro atoms. The molecule has 0 heterocycles. The summed E-state index contributed by atoms with van der Waals surface area (Å²) in [4.78, 5) is 0. The molecule has 0 saturated heterocycles. The minimum atomic E-state index is -0.0316. The maximum atomic E-state index is 9.70. The van der Waals surface area contributed by atoms with Crippen molar-refractivity contribution in [1.82, 2.24) is 0 Å². The number of hydrogen-bond donors (Lipinski definition) is 1. The van der Waals surface area contributed by atoms with Crippen LogP contribution in [0.3, 0.4) is 0 Å². The minimum absolute atomic E-state index is 0. The molecule has 0 atom stereocenters. The van der Waals surface area contributed by atoms with Crippen LogP contribution in [0.15, 0.2) is 12.1 Å². The fourth-order valence-corrected chi connectivity index (χ4v) is 1.17. The number of hydrogen-bond acceptors (Lipinski definition) is 1. The largest absolute Gasteiger partial charge is 0.565 e. The van der Waals surface area contributed by atoms with Crippen LogP contribution in [0.2, 0.25) is 0 Å². The van der Waals surface area contributed by atoms with Gasteiger partial charge in [-0.3, -0.25) is 0 Å². The van der Waals surface area contributed by atoms with Crippen LogP contribution in [-0.2, 0) is 38.1 Å². The quantitative estimate of drug-likeness (QED) is 0.704. The van der Waals surface area contributed by atoms with Crippen LogP contribution in [0.25, 0.3) is 0 Å². The van der Waals surface area contributed by atoms with Crippen molar-refractivity contribution in [3.8, 4) is 5.75 Å². The Balaban J connectivity index is 0.00000144. The van der Waals surface area contributed by atoms with E-state index in [1.165, 1.54) is 0 Å². The number of phenols is 1. The Morgan fingerprint density at radius 1 is 1.31 bits per heavy atom. The Hall–Kier alpha value is 0.124. The molecule has 0 bridgehead atoms. The number of rotatable bonds is 0. The summed E-state index contributed by atoms with van der Waals surface area (Å²) in [5.74, 6) is 0.380. The van der Waals surface area contributed by atoms with Crippen molar-refractivity contribution in [1.29, 1.82) is 0 Å². The van der Waals surface area contributed by atoms with E-state index in [1.807, 2.05) is 19.1 Å². The van der Waals surface area contributed by atoms with Gasteiger partial charge in [-0.1, -0.05) is 27.7 Å². The van der Waals surface area contributed by atoms with Crippen molar-refractivity contribution in [2.75, 3.05) is 0 Å². The number of aromatic hydroxyl groups is 1. The fourth-order valence-electron chi connectivity index (χ4n) is 1.17. The second kappa shape index (κ2) is 4.57. The molecule has 1 aromatic carbocycles. The van der Waals surface area contributed by atoms with Crippen LogP contribution in [0.4, 0.5) is 0 Å². The van der Waals surface area contributed by atoms with Crippen LogP contribution in [0, 0.1) is 13.0 Å². The van der Waals surface area contributed by atoms with E-state index in [4.69, 9.17) is 0 Å². The number of benzene rings is 1. The molecule has 69 valence electrons. The standard InChI is InChI=1S/C11H15O.Y/c1-8-6-5-7-9(10(8)12)11(2,3)4;/h5-6,12H,1-4H3;/q-1;. The van der Waals surface area contributed by atoms with Gasteiger partial charge in [0.2, 0.25) is 0 Å². The summed E-state index contributed by atoms with van der Waals surface area (Å²) in [6, 6.07) is 6.79. The van der Waals surface area contributed by atoms with Crippen LogP contribution < -0.4 is 0 Å². The zero-order valence-electron chi connectivity index (χ0n) is 8.68. The van der Waals surface area contributed by atoms with E-state index in [0.29, 0.717) is 5.75 Å². The van der Waals surface area contributed by atoms with E-state index < -0.39 is 0 Å². The Morgan fingerprint density at radius 3 is 2.23 bits per heavy atom. The van der Waals surface area contributed by atoms with Gasteiger partial charge in [-0.05, 0) is 5.41 Å². The zero-order valence-corrected chi connectivity index (χ0v) is 11.5. The van der Waals surface area contributed by atoms with E-state index in [9.17, 15) is 5.11 Å². The predicted molar refractivity (Wildman–Crippen MR) is 50.4 cm³/mol. The molecule has 1 aromatic rings. The SMILES string of the molecule is Cc1cc[c-]c(C(C)(C)C)c1O.[Y]. The smallest absolute Gasteiger partial charge is 0.00976 e. The monoisotopic (exact) mass is 252 g/mol. The van der Waals surface area contributed by atoms with Gasteiger partial charge in [-0.2, -0.15) is 18.2 Å². The first-order valence-electron chi connectivity index (χ1n) is 4.13. The molecule has 0 aliphatic heterocycles. The Kier molecular flexibility index (Phi) is 4.61. The number of phenolic OH excluding ortho intramolecular Hbond substituents is 1. The van der Waals surface area contributed by atoms with Gasteiger partial charge in [0.25, 0.3) is 0 Å². The molecule has 1 N–H and O–H groups in total. The summed E-state index contributed by atoms with van der Waals surface area (Å²) < 4.78 is 0. The zero-order chi connectivity index (χ0) is 9.35. The second-order valence-electron chi connectivity index (χ2n) is 4.13. The fraction of sp³-hybridized carbons (Fsp3) is 0.455. The molecule has 13 heavy (non-hydrogen) atoms. The molecule has 0 aromatic heterocycles. The maximum absolute atomic E-state index is 9.70. The molecule has 2 heteroatoms. The summed E-state index contributed by atoms with van der Waals surface area (Å²) in [5.41, 5.74) is 1.78. The van der Waals surface area contributed by atoms with Crippen LogP contribution in [0.1, 0.15) is 31.9 Å². The normalized spacial score (nSPS) is 10.8. The first-order valence-corrected chi connectivity index (χ1v) is 4.13. The molecule has 0 fully saturated rings. The summed E-state index contributed by atoms with van der Waals surface area (Å²) in [5, 5.41) is 9.70. The van der Waals surface area contributed by atoms with Gasteiger partial charge in [0.15, 0.2) is 0 Å². The predicted octanol–water partition coefficient (Wildman–Crippen LogP) is 2.80. The third kappa shape index (κ3) is 3.07. The molecular weight excluding hydrogens is 237 g/mol.